The second-order valence-corrected chi connectivity index (χ2v) is 4.86. The predicted octanol–water partition coefficient (Wildman–Crippen LogP) is 0.778. The van der Waals surface area contributed by atoms with Gasteiger partial charge in [-0.15, -0.1) is 0 Å². The number of rotatable bonds is 1. The second-order valence-electron chi connectivity index (χ2n) is 2.68. The molecule has 1 unspecified atom stereocenters. The van der Waals surface area contributed by atoms with Gasteiger partial charge in [-0.3, -0.25) is 0 Å². The van der Waals surface area contributed by atoms with Crippen molar-refractivity contribution in [2.24, 2.45) is 0 Å². The summed E-state index contributed by atoms with van der Waals surface area (Å²) in [5.74, 6) is -1.49. The van der Waals surface area contributed by atoms with Gasteiger partial charge >= 0.3 is 0 Å². The molecule has 0 amide bonds. The average Bonchev–Trinajstić information content (AvgIpc) is 2.08. The summed E-state index contributed by atoms with van der Waals surface area (Å²) < 4.78 is 57.6. The topological polar surface area (TPSA) is 34.1 Å². The van der Waals surface area contributed by atoms with Crippen molar-refractivity contribution in [3.05, 3.63) is 0 Å². The number of hydrogen-bond acceptors (Lipinski definition) is 2. The van der Waals surface area contributed by atoms with Crippen LogP contribution in [0.3, 0.4) is 0 Å². The molecule has 11 heavy (non-hydrogen) atoms. The highest BCUT2D eigenvalue weighted by atomic mass is 32.2. The van der Waals surface area contributed by atoms with Gasteiger partial charge in [0.15, 0.2) is 15.5 Å². The van der Waals surface area contributed by atoms with Crippen molar-refractivity contribution < 1.29 is 21.6 Å². The number of halogens is 3. The Hall–Kier alpha value is -0.260. The Morgan fingerprint density at radius 2 is 1.91 bits per heavy atom. The molecule has 0 N–H and O–H groups in total. The third-order valence-corrected chi connectivity index (χ3v) is 3.43. The summed E-state index contributed by atoms with van der Waals surface area (Å²) in [6.07, 6.45) is -3.77. The zero-order valence-corrected chi connectivity index (χ0v) is 6.37. The third kappa shape index (κ3) is 1.66. The summed E-state index contributed by atoms with van der Waals surface area (Å²) in [4.78, 5) is 0. The van der Waals surface area contributed by atoms with Gasteiger partial charge < -0.3 is 0 Å². The Morgan fingerprint density at radius 1 is 1.36 bits per heavy atom. The van der Waals surface area contributed by atoms with E-state index in [1.807, 2.05) is 0 Å². The second kappa shape index (κ2) is 2.36. The van der Waals surface area contributed by atoms with Crippen LogP contribution in [0.4, 0.5) is 13.2 Å². The molecule has 0 aliphatic carbocycles. The van der Waals surface area contributed by atoms with Crippen molar-refractivity contribution >= 4 is 9.84 Å². The predicted molar refractivity (Wildman–Crippen MR) is 33.1 cm³/mol. The summed E-state index contributed by atoms with van der Waals surface area (Å²) >= 11 is 0. The molecule has 6 heteroatoms. The molecule has 1 saturated heterocycles. The van der Waals surface area contributed by atoms with Crippen LogP contribution in [-0.2, 0) is 9.84 Å². The maximum atomic E-state index is 12.8. The van der Waals surface area contributed by atoms with Crippen LogP contribution in [0.25, 0.3) is 0 Å². The minimum atomic E-state index is -3.55. The fraction of sp³-hybridized carbons (Fsp3) is 1.00. The van der Waals surface area contributed by atoms with Crippen LogP contribution in [0.2, 0.25) is 0 Å². The zero-order chi connectivity index (χ0) is 8.70. The van der Waals surface area contributed by atoms with E-state index in [2.05, 4.69) is 0 Å². The Bertz CT molecular complexity index is 248. The Morgan fingerprint density at radius 3 is 2.09 bits per heavy atom. The summed E-state index contributed by atoms with van der Waals surface area (Å²) in [7, 11) is -3.55. The van der Waals surface area contributed by atoms with Gasteiger partial charge in [-0.25, -0.2) is 21.6 Å². The molecule has 0 saturated carbocycles. The highest BCUT2D eigenvalue weighted by molar-refractivity contribution is 7.91. The maximum Gasteiger partial charge on any atom is 0.273 e. The lowest BCUT2D eigenvalue weighted by Gasteiger charge is -2.14. The van der Waals surface area contributed by atoms with E-state index in [0.29, 0.717) is 0 Å². The first-order valence-corrected chi connectivity index (χ1v) is 4.85. The minimum absolute atomic E-state index is 0.464. The van der Waals surface area contributed by atoms with Gasteiger partial charge in [0.1, 0.15) is 0 Å². The summed E-state index contributed by atoms with van der Waals surface area (Å²) in [6, 6.07) is 0. The lowest BCUT2D eigenvalue weighted by atomic mass is 10.1. The van der Waals surface area contributed by atoms with E-state index in [4.69, 9.17) is 0 Å². The quantitative estimate of drug-likeness (QED) is 0.609. The van der Waals surface area contributed by atoms with Crippen molar-refractivity contribution in [3.8, 4) is 0 Å². The fourth-order valence-corrected chi connectivity index (χ4v) is 2.80. The molecule has 1 fully saturated rings. The number of hydrogen-bond donors (Lipinski definition) is 0. The first kappa shape index (κ1) is 8.83. The smallest absolute Gasteiger partial charge is 0.236 e. The van der Waals surface area contributed by atoms with Gasteiger partial charge in [0.25, 0.3) is 6.43 Å². The SMILES string of the molecule is O=S1(=O)CCC(F)(C(F)F)C1. The van der Waals surface area contributed by atoms with Crippen LogP contribution < -0.4 is 0 Å². The van der Waals surface area contributed by atoms with Crippen LogP contribution in [0.5, 0.6) is 0 Å². The van der Waals surface area contributed by atoms with E-state index in [0.717, 1.165) is 0 Å². The van der Waals surface area contributed by atoms with Crippen LogP contribution in [0.1, 0.15) is 6.42 Å². The van der Waals surface area contributed by atoms with E-state index in [1.165, 1.54) is 0 Å². The van der Waals surface area contributed by atoms with Gasteiger partial charge in [-0.2, -0.15) is 0 Å². The van der Waals surface area contributed by atoms with Crippen molar-refractivity contribution in [2.75, 3.05) is 11.5 Å². The molecule has 0 aromatic rings. The Labute approximate surface area is 62.3 Å². The number of alkyl halides is 3. The number of sulfone groups is 1. The first-order valence-electron chi connectivity index (χ1n) is 3.03. The molecule has 0 aromatic carbocycles. The zero-order valence-electron chi connectivity index (χ0n) is 5.56. The fourth-order valence-electron chi connectivity index (χ4n) is 1.01. The minimum Gasteiger partial charge on any atom is -0.236 e. The Kier molecular flexibility index (Phi) is 1.90. The molecular formula is C5H7F3O2S. The van der Waals surface area contributed by atoms with E-state index < -0.39 is 39.9 Å². The molecule has 1 rings (SSSR count). The monoisotopic (exact) mass is 188 g/mol. The van der Waals surface area contributed by atoms with Crippen LogP contribution >= 0.6 is 0 Å². The first-order chi connectivity index (χ1) is 4.86. The van der Waals surface area contributed by atoms with Crippen molar-refractivity contribution in [1.29, 1.82) is 0 Å². The summed E-state index contributed by atoms with van der Waals surface area (Å²) in [6.45, 7) is 0. The largest absolute Gasteiger partial charge is 0.273 e. The molecule has 1 aliphatic heterocycles. The normalized spacial score (nSPS) is 36.4. The highest BCUT2D eigenvalue weighted by Gasteiger charge is 2.49. The van der Waals surface area contributed by atoms with Gasteiger partial charge in [0.2, 0.25) is 0 Å². The Balaban J connectivity index is 2.82. The molecule has 0 radical (unpaired) electrons. The highest BCUT2D eigenvalue weighted by Crippen LogP contribution is 2.33. The van der Waals surface area contributed by atoms with E-state index in [9.17, 15) is 21.6 Å². The molecule has 0 bridgehead atoms. The van der Waals surface area contributed by atoms with Crippen molar-refractivity contribution in [3.63, 3.8) is 0 Å². The van der Waals surface area contributed by atoms with Crippen LogP contribution in [0.15, 0.2) is 0 Å². The maximum absolute atomic E-state index is 12.8. The molecule has 0 aromatic heterocycles. The van der Waals surface area contributed by atoms with Crippen LogP contribution in [-0.4, -0.2) is 32.0 Å². The molecule has 2 nitrogen and oxygen atoms in total. The standard InChI is InChI=1S/C5H7F3O2S/c6-4(7)5(8)1-2-11(9,10)3-5/h4H,1-3H2. The van der Waals surface area contributed by atoms with E-state index >= 15 is 0 Å². The van der Waals surface area contributed by atoms with Crippen molar-refractivity contribution in [1.82, 2.24) is 0 Å². The van der Waals surface area contributed by atoms with Gasteiger partial charge in [-0.05, 0) is 0 Å². The van der Waals surface area contributed by atoms with Crippen molar-refractivity contribution in [2.45, 2.75) is 18.5 Å². The lowest BCUT2D eigenvalue weighted by molar-refractivity contribution is -0.0166. The third-order valence-electron chi connectivity index (χ3n) is 1.68. The lowest BCUT2D eigenvalue weighted by Crippen LogP contribution is -2.33. The van der Waals surface area contributed by atoms with Gasteiger partial charge in [-0.1, -0.05) is 0 Å². The summed E-state index contributed by atoms with van der Waals surface area (Å²) in [5.41, 5.74) is -2.79. The van der Waals surface area contributed by atoms with Gasteiger partial charge in [0, 0.05) is 6.42 Å². The summed E-state index contributed by atoms with van der Waals surface area (Å²) in [5, 5.41) is 0. The molecule has 1 atom stereocenters. The van der Waals surface area contributed by atoms with E-state index in [1.54, 1.807) is 0 Å². The molecule has 66 valence electrons. The molecular weight excluding hydrogens is 181 g/mol. The molecule has 1 aliphatic rings. The van der Waals surface area contributed by atoms with E-state index in [-0.39, 0.29) is 0 Å². The average molecular weight is 188 g/mol. The van der Waals surface area contributed by atoms with Gasteiger partial charge in [0.05, 0.1) is 11.5 Å². The molecule has 0 spiro atoms. The molecule has 1 heterocycles. The van der Waals surface area contributed by atoms with Crippen LogP contribution in [0, 0.1) is 0 Å².